The number of halogens is 1. The molecular formula is C61H64FKN10O5S3. The zero-order valence-corrected chi connectivity index (χ0v) is 49.6. The maximum atomic E-state index is 10.2. The number of amides is 2. The zero-order valence-electron chi connectivity index (χ0n) is 45.0. The number of aromatic nitrogens is 3. The molecule has 8 aromatic carbocycles. The van der Waals surface area contributed by atoms with Gasteiger partial charge < -0.3 is 21.2 Å². The molecule has 9 N–H and O–H groups in total. The number of hydrogen-bond acceptors (Lipinski definition) is 12. The van der Waals surface area contributed by atoms with Crippen LogP contribution >= 0.6 is 36.7 Å². The van der Waals surface area contributed by atoms with Crippen molar-refractivity contribution in [1.29, 1.82) is 0 Å². The van der Waals surface area contributed by atoms with Crippen LogP contribution in [0.2, 0.25) is 0 Å². The van der Waals surface area contributed by atoms with Crippen LogP contribution in [0.15, 0.2) is 157 Å². The summed E-state index contributed by atoms with van der Waals surface area (Å²) in [5, 5.41) is 31.2. The molecule has 0 bridgehead atoms. The number of thiocarbonyl (C=S) groups is 2. The first-order valence-electron chi connectivity index (χ1n) is 26.1. The fraction of sp³-hybridized carbons (Fsp3) is 0.230. The molecule has 4 aliphatic rings. The van der Waals surface area contributed by atoms with Gasteiger partial charge in [0.1, 0.15) is 6.33 Å². The Bertz CT molecular complexity index is 3680. The van der Waals surface area contributed by atoms with Crippen molar-refractivity contribution in [2.24, 2.45) is 10.8 Å². The van der Waals surface area contributed by atoms with E-state index in [1.165, 1.54) is 111 Å². The number of rotatable bonds is 11. The van der Waals surface area contributed by atoms with Gasteiger partial charge in [0.05, 0.1) is 25.1 Å². The summed E-state index contributed by atoms with van der Waals surface area (Å²) in [6.45, 7) is -0.181. The number of fused-ring (bicyclic) bond motifs is 4. The Kier molecular flexibility index (Phi) is 26.1. The van der Waals surface area contributed by atoms with Gasteiger partial charge in [0.25, 0.3) is 6.47 Å². The van der Waals surface area contributed by atoms with Crippen molar-refractivity contribution in [1.82, 2.24) is 31.0 Å². The molecule has 4 aliphatic carbocycles. The van der Waals surface area contributed by atoms with Gasteiger partial charge >= 0.3 is 51.4 Å². The van der Waals surface area contributed by atoms with E-state index in [1.807, 2.05) is 28.8 Å². The van der Waals surface area contributed by atoms with Crippen LogP contribution in [0.25, 0.3) is 48.8 Å². The van der Waals surface area contributed by atoms with Crippen molar-refractivity contribution < 1.29 is 81.7 Å². The minimum atomic E-state index is -1.00. The molecule has 4 fully saturated rings. The number of isothiocyanates is 1. The Balaban J connectivity index is 0.000000188. The van der Waals surface area contributed by atoms with E-state index in [0.717, 1.165) is 45.9 Å². The molecule has 9 aromatic rings. The van der Waals surface area contributed by atoms with Gasteiger partial charge in [-0.3, -0.25) is 44.7 Å². The second-order valence-electron chi connectivity index (χ2n) is 18.6. The normalized spacial score (nSPS) is 13.3. The molecule has 414 valence electrons. The first-order chi connectivity index (χ1) is 39.1. The Morgan fingerprint density at radius 1 is 0.704 bits per heavy atom. The van der Waals surface area contributed by atoms with Gasteiger partial charge in [-0.2, -0.15) is 10.1 Å². The summed E-state index contributed by atoms with van der Waals surface area (Å²) >= 11 is 15.1. The molecule has 1 heterocycles. The summed E-state index contributed by atoms with van der Waals surface area (Å²) in [5.74, 6) is 7.41. The van der Waals surface area contributed by atoms with Gasteiger partial charge in [0, 0.05) is 32.9 Å². The summed E-state index contributed by atoms with van der Waals surface area (Å²) in [4.78, 5) is 34.5. The van der Waals surface area contributed by atoms with E-state index >= 15 is 0 Å². The minimum Gasteiger partial charge on any atom is -0.662 e. The monoisotopic (exact) mass is 1170 g/mol. The Labute approximate surface area is 530 Å². The van der Waals surface area contributed by atoms with Crippen LogP contribution in [-0.4, -0.2) is 51.5 Å². The van der Waals surface area contributed by atoms with Gasteiger partial charge in [0.15, 0.2) is 9.88 Å². The second-order valence-corrected chi connectivity index (χ2v) is 19.6. The number of aromatic amines is 1. The number of nitrogens with two attached hydrogens (primary N) is 2. The molecule has 0 aliphatic heterocycles. The van der Waals surface area contributed by atoms with E-state index in [4.69, 9.17) is 46.4 Å². The third-order valence-electron chi connectivity index (χ3n) is 13.5. The molecule has 0 atom stereocenters. The van der Waals surface area contributed by atoms with Crippen LogP contribution in [0.1, 0.15) is 106 Å². The number of aliphatic imine (C=N–C) groups is 1. The summed E-state index contributed by atoms with van der Waals surface area (Å²) in [5.41, 5.74) is 22.3. The number of alkyl halides is 1. The predicted octanol–water partition coefficient (Wildman–Crippen LogP) is 9.64. The third kappa shape index (κ3) is 17.9. The van der Waals surface area contributed by atoms with E-state index in [2.05, 4.69) is 181 Å². The standard InChI is InChI=1S/C15H15N3OS.C15H13N3S.C14H11NS.C13H13N.CH3F.CH4N2O.CH2O3.CH4.K/c19-9-16-18-15(20)17-14-8-7-11(10-5-6-10)12-3-1-2-4-13(12)14;19-15-17-16-9-18(15)14-8-7-11(10-5-6-10)12-3-1-2-4-13(12)14;16-9-15-14-8-7-11(10-5-6-10)12-3-1-2-4-13(12)14;14-13-8-7-10(9-5-6-9)11-3-1-2-4-12(11)13;1-2;2-3-1-4;2-1-4-3;;/h1-4,7-10H,5-6H2,(H,16,19)(H2,17,18,20);1-4,7-10H,5-6H2,(H,17,19);1-4,7-8,10H,5-6H2;1-4,7-9H,5-6,14H2;1H3;1H,2H2,(H,3,4);1,3H;1H4;/q;;;;;;;;+1/p-1/i;;;;1D;;;;. The molecule has 1 aromatic heterocycles. The van der Waals surface area contributed by atoms with Gasteiger partial charge in [-0.1, -0.05) is 129 Å². The number of benzene rings is 8. The van der Waals surface area contributed by atoms with Crippen LogP contribution in [0, 0.1) is 4.77 Å². The number of hydrazine groups is 2. The number of anilines is 2. The van der Waals surface area contributed by atoms with Crippen LogP contribution in [0.4, 0.5) is 21.5 Å². The van der Waals surface area contributed by atoms with E-state index in [9.17, 15) is 9.18 Å². The smallest absolute Gasteiger partial charge is 0.662 e. The van der Waals surface area contributed by atoms with Crippen molar-refractivity contribution in [2.75, 3.05) is 18.2 Å². The molecule has 0 radical (unpaired) electrons. The molecule has 0 unspecified atom stereocenters. The van der Waals surface area contributed by atoms with E-state index in [1.54, 1.807) is 11.8 Å². The average molecular weight is 1170 g/mol. The predicted molar refractivity (Wildman–Crippen MR) is 328 cm³/mol. The number of hydrogen-bond donors (Lipinski definition) is 7. The topological polar surface area (TPSA) is 230 Å². The maximum absolute atomic E-state index is 10.2. The Hall–Kier alpha value is -6.65. The number of carbonyl (C=O) groups excluding carboxylic acids is 3. The first kappa shape index (κ1) is 63.5. The number of H-pyrrole nitrogens is 1. The largest absolute Gasteiger partial charge is 1.00 e. The molecule has 81 heavy (non-hydrogen) atoms. The minimum absolute atomic E-state index is 0. The zero-order chi connectivity index (χ0) is 56.8. The molecule has 15 nitrogen and oxygen atoms in total. The summed E-state index contributed by atoms with van der Waals surface area (Å²) < 4.78 is 18.1. The molecule has 4 saturated carbocycles. The molecule has 2 amide bonds. The molecule has 0 spiro atoms. The fourth-order valence-electron chi connectivity index (χ4n) is 9.42. The number of nitrogen functional groups attached to an aromatic ring is 1. The van der Waals surface area contributed by atoms with Gasteiger partial charge in [-0.15, -0.1) is 0 Å². The van der Waals surface area contributed by atoms with Crippen LogP contribution in [0.5, 0.6) is 0 Å². The third-order valence-corrected chi connectivity index (χ3v) is 14.0. The second kappa shape index (κ2) is 33.3. The Morgan fingerprint density at radius 3 is 1.56 bits per heavy atom. The Morgan fingerprint density at radius 2 is 1.11 bits per heavy atom. The van der Waals surface area contributed by atoms with Crippen molar-refractivity contribution >= 4 is 126 Å². The first-order valence-corrected chi connectivity index (χ1v) is 26.6. The number of carbonyl (C=O) groups is 3. The van der Waals surface area contributed by atoms with Crippen molar-refractivity contribution in [3.05, 3.63) is 179 Å². The summed E-state index contributed by atoms with van der Waals surface area (Å²) in [7, 11) is -1.00. The van der Waals surface area contributed by atoms with Gasteiger partial charge in [0.2, 0.25) is 12.8 Å². The van der Waals surface area contributed by atoms with Crippen LogP contribution in [-0.2, 0) is 19.3 Å². The van der Waals surface area contributed by atoms with Crippen molar-refractivity contribution in [3.63, 3.8) is 0 Å². The summed E-state index contributed by atoms with van der Waals surface area (Å²) in [6, 6.07) is 50.7. The molecule has 20 heteroatoms. The summed E-state index contributed by atoms with van der Waals surface area (Å²) in [6.07, 6.45) is 13.2. The fourth-order valence-corrected chi connectivity index (χ4v) is 9.88. The molecular weight excluding hydrogens is 1110 g/mol. The average Bonchev–Trinajstić information content (AvgIpc) is 4.30. The van der Waals surface area contributed by atoms with Crippen molar-refractivity contribution in [3.8, 4) is 5.69 Å². The van der Waals surface area contributed by atoms with Crippen LogP contribution < -0.4 is 89.8 Å². The number of nitrogens with one attached hydrogen (secondary N) is 5. The SMILES string of the molecule is C.NNC=O.Nc1ccc(C2CC2)c2ccccc12.O=CNNC(=S)Nc1ccc(C2CC2)c2ccccc12.O=CO[O-].S=C=Nc1ccc(C2CC2)c2ccccc12.S=c1[nH]ncn1-c1ccc(C2CC2)c2ccccc12.[2H]CF.[K+]. The molecule has 0 saturated heterocycles. The van der Waals surface area contributed by atoms with E-state index < -0.39 is 7.15 Å². The number of nitrogens with zero attached hydrogens (tertiary/aromatic N) is 3. The van der Waals surface area contributed by atoms with Crippen molar-refractivity contribution in [2.45, 2.75) is 82.5 Å². The van der Waals surface area contributed by atoms with E-state index in [-0.39, 0.29) is 65.3 Å². The van der Waals surface area contributed by atoms with Gasteiger partial charge in [-0.25, -0.2) is 5.84 Å². The molecule has 13 rings (SSSR count). The maximum Gasteiger partial charge on any atom is 1.00 e. The van der Waals surface area contributed by atoms with Gasteiger partial charge in [-0.05, 0) is 180 Å². The van der Waals surface area contributed by atoms with E-state index in [0.29, 0.717) is 28.6 Å². The quantitative estimate of drug-likeness (QED) is 0.00737. The van der Waals surface area contributed by atoms with Crippen LogP contribution in [0.3, 0.4) is 0 Å².